The molecule has 0 aliphatic carbocycles. The summed E-state index contributed by atoms with van der Waals surface area (Å²) >= 11 is 0. The van der Waals surface area contributed by atoms with E-state index in [9.17, 15) is 6.85 Å². The van der Waals surface area contributed by atoms with Crippen molar-refractivity contribution in [1.29, 1.82) is 0 Å². The van der Waals surface area contributed by atoms with Crippen LogP contribution in [0.3, 0.4) is 0 Å². The summed E-state index contributed by atoms with van der Waals surface area (Å²) in [6.45, 7) is 0. The van der Waals surface area contributed by atoms with E-state index in [1.807, 2.05) is 12.1 Å². The number of furan rings is 1. The number of benzene rings is 7. The quantitative estimate of drug-likeness (QED) is 0.215. The lowest BCUT2D eigenvalue weighted by Crippen LogP contribution is -1.91. The van der Waals surface area contributed by atoms with Gasteiger partial charge >= 0.3 is 0 Å². The van der Waals surface area contributed by atoms with Gasteiger partial charge in [-0.15, -0.1) is 0 Å². The zero-order valence-corrected chi connectivity index (χ0v) is 20.0. The highest BCUT2D eigenvalue weighted by Crippen LogP contribution is 2.45. The zero-order chi connectivity index (χ0) is 39.7. The van der Waals surface area contributed by atoms with E-state index in [1.165, 1.54) is 0 Å². The summed E-state index contributed by atoms with van der Waals surface area (Å²) in [5, 5.41) is 0.287. The van der Waals surface area contributed by atoms with Crippen molar-refractivity contribution in [3.05, 3.63) is 145 Å². The van der Waals surface area contributed by atoms with Crippen molar-refractivity contribution < 1.29 is 26.3 Å². The fraction of sp³-hybridized carbons (Fsp3) is 0. The monoisotopic (exact) mass is 512 g/mol. The molecule has 1 aromatic heterocycles. The molecule has 0 bridgehead atoms. The van der Waals surface area contributed by atoms with Crippen LogP contribution in [-0.2, 0) is 0 Å². The Morgan fingerprint density at radius 1 is 0.410 bits per heavy atom. The number of rotatable bonds is 3. The average Bonchev–Trinajstić information content (AvgIpc) is 3.55. The van der Waals surface area contributed by atoms with Crippen molar-refractivity contribution in [2.75, 3.05) is 0 Å². The number of para-hydroxylation sites is 1. The van der Waals surface area contributed by atoms with Crippen molar-refractivity contribution >= 4 is 43.5 Å². The molecule has 0 unspecified atom stereocenters. The molecule has 0 saturated carbocycles. The van der Waals surface area contributed by atoms with Crippen molar-refractivity contribution in [3.63, 3.8) is 0 Å². The maximum absolute atomic E-state index is 9.48. The van der Waals surface area contributed by atoms with Crippen LogP contribution in [0.5, 0.6) is 0 Å². The molecule has 7 aromatic carbocycles. The lowest BCUT2D eigenvalue weighted by Gasteiger charge is -2.18. The van der Waals surface area contributed by atoms with Crippen LogP contribution in [-0.4, -0.2) is 0 Å². The van der Waals surface area contributed by atoms with Crippen LogP contribution in [0.25, 0.3) is 76.9 Å². The molecule has 0 spiro atoms. The van der Waals surface area contributed by atoms with Crippen molar-refractivity contribution in [1.82, 2.24) is 0 Å². The molecule has 1 heteroatoms. The van der Waals surface area contributed by atoms with E-state index in [4.69, 9.17) is 19.5 Å². The van der Waals surface area contributed by atoms with Gasteiger partial charge in [0.2, 0.25) is 0 Å². The van der Waals surface area contributed by atoms with Crippen LogP contribution in [0, 0.1) is 0 Å². The van der Waals surface area contributed by atoms with E-state index in [0.29, 0.717) is 22.1 Å². The summed E-state index contributed by atoms with van der Waals surface area (Å²) in [4.78, 5) is 0. The second kappa shape index (κ2) is 8.72. The highest BCUT2D eigenvalue weighted by molar-refractivity contribution is 6.22. The first-order valence-corrected chi connectivity index (χ1v) is 12.1. The van der Waals surface area contributed by atoms with E-state index in [1.54, 1.807) is 30.3 Å². The fourth-order valence-corrected chi connectivity index (χ4v) is 5.06. The third kappa shape index (κ3) is 3.48. The Morgan fingerprint density at radius 3 is 1.79 bits per heavy atom. The summed E-state index contributed by atoms with van der Waals surface area (Å²) in [6.07, 6.45) is 0. The number of hydrogen-bond donors (Lipinski definition) is 0. The van der Waals surface area contributed by atoms with Gasteiger partial charge in [-0.2, -0.15) is 0 Å². The second-order valence-corrected chi connectivity index (χ2v) is 8.89. The summed E-state index contributed by atoms with van der Waals surface area (Å²) in [5.41, 5.74) is -0.378. The molecule has 182 valence electrons. The van der Waals surface area contributed by atoms with Gasteiger partial charge in [0.1, 0.15) is 11.2 Å². The number of fused-ring (bicyclic) bond motifs is 5. The van der Waals surface area contributed by atoms with E-state index in [2.05, 4.69) is 0 Å². The van der Waals surface area contributed by atoms with Gasteiger partial charge in [0.15, 0.2) is 0 Å². The summed E-state index contributed by atoms with van der Waals surface area (Å²) in [7, 11) is 0. The molecule has 0 aliphatic heterocycles. The molecule has 8 rings (SSSR count). The Bertz CT molecular complexity index is 2980. The molecular weight excluding hydrogens is 472 g/mol. The van der Waals surface area contributed by atoms with Gasteiger partial charge in [-0.25, -0.2) is 0 Å². The molecule has 0 N–H and O–H groups in total. The first kappa shape index (κ1) is 11.3. The lowest BCUT2D eigenvalue weighted by molar-refractivity contribution is 0.669. The lowest BCUT2D eigenvalue weighted by atomic mass is 9.85. The van der Waals surface area contributed by atoms with Gasteiger partial charge in [0.05, 0.1) is 21.9 Å². The molecule has 0 fully saturated rings. The highest BCUT2D eigenvalue weighted by atomic mass is 16.3. The summed E-state index contributed by atoms with van der Waals surface area (Å²) in [6, 6.07) is 2.42. The van der Waals surface area contributed by atoms with E-state index >= 15 is 0 Å². The minimum absolute atomic E-state index is 0.0126. The third-order valence-electron chi connectivity index (χ3n) is 6.73. The first-order valence-electron chi connectivity index (χ1n) is 20.1. The van der Waals surface area contributed by atoms with Crippen LogP contribution in [0.4, 0.5) is 0 Å². The molecule has 0 radical (unpaired) electrons. The Morgan fingerprint density at radius 2 is 1.03 bits per heavy atom. The second-order valence-electron chi connectivity index (χ2n) is 8.89. The van der Waals surface area contributed by atoms with Crippen LogP contribution < -0.4 is 0 Å². The molecule has 0 saturated heterocycles. The van der Waals surface area contributed by atoms with Crippen molar-refractivity contribution in [2.24, 2.45) is 0 Å². The van der Waals surface area contributed by atoms with Crippen LogP contribution in [0.15, 0.2) is 150 Å². The third-order valence-corrected chi connectivity index (χ3v) is 6.73. The summed E-state index contributed by atoms with van der Waals surface area (Å²) in [5.74, 6) is 0. The molecule has 1 heterocycles. The van der Waals surface area contributed by atoms with Crippen LogP contribution >= 0.6 is 0 Å². The standard InChI is InChI=1S/C38H24O/c1-2-11-25(12-3-1)26-13-10-14-27(23-26)37-30-16-4-6-18-32(30)38(33-19-7-5-17-31(33)37)28-21-22-36-34(24-28)29-15-8-9-20-35(29)39-36/h1-24H/i1D,2D,3D,4D,5D,6D,7D,10D,11D,13D,14D,16D,17D,18D,19D,23D. The molecule has 1 nitrogen and oxygen atoms in total. The predicted molar refractivity (Wildman–Crippen MR) is 165 cm³/mol. The van der Waals surface area contributed by atoms with Gasteiger partial charge in [0, 0.05) is 10.8 Å². The van der Waals surface area contributed by atoms with Crippen LogP contribution in [0.1, 0.15) is 21.9 Å². The van der Waals surface area contributed by atoms with Crippen molar-refractivity contribution in [3.8, 4) is 33.4 Å². The molecule has 0 atom stereocenters. The molecule has 0 aliphatic rings. The van der Waals surface area contributed by atoms with E-state index in [0.717, 1.165) is 11.5 Å². The highest BCUT2D eigenvalue weighted by Gasteiger charge is 2.18. The maximum Gasteiger partial charge on any atom is 0.135 e. The van der Waals surface area contributed by atoms with E-state index in [-0.39, 0.29) is 32.7 Å². The SMILES string of the molecule is [2H]c1cc(-c2c([2H])c([2H])c([2H])c(-c3c4c([2H])c([2H])c([2H])c([2H])c4c(-c4ccc5oc6ccccc6c5c4)c4c([2H])c([2H])c([2H])c([2H])c34)c2[2H])c([2H])c([2H])c1[2H]. The minimum Gasteiger partial charge on any atom is -0.456 e. The number of hydrogen-bond acceptors (Lipinski definition) is 1. The maximum atomic E-state index is 9.48. The van der Waals surface area contributed by atoms with Gasteiger partial charge in [-0.05, 0) is 79.2 Å². The Balaban J connectivity index is 1.67. The molecule has 0 amide bonds. The Labute approximate surface area is 249 Å². The largest absolute Gasteiger partial charge is 0.456 e. The predicted octanol–water partition coefficient (Wildman–Crippen LogP) is 10.9. The van der Waals surface area contributed by atoms with Gasteiger partial charge in [0.25, 0.3) is 0 Å². The van der Waals surface area contributed by atoms with Gasteiger partial charge in [-0.3, -0.25) is 0 Å². The zero-order valence-electron chi connectivity index (χ0n) is 36.0. The summed E-state index contributed by atoms with van der Waals surface area (Å²) < 4.78 is 147. The van der Waals surface area contributed by atoms with Crippen LogP contribution in [0.2, 0.25) is 0 Å². The van der Waals surface area contributed by atoms with Gasteiger partial charge in [-0.1, -0.05) is 121 Å². The average molecular weight is 513 g/mol. The van der Waals surface area contributed by atoms with E-state index < -0.39 is 113 Å². The first-order chi connectivity index (χ1) is 26.0. The van der Waals surface area contributed by atoms with Crippen molar-refractivity contribution in [2.45, 2.75) is 0 Å². The minimum atomic E-state index is -0.794. The van der Waals surface area contributed by atoms with Gasteiger partial charge < -0.3 is 4.42 Å². The Hall–Kier alpha value is -5.14. The topological polar surface area (TPSA) is 13.1 Å². The molecule has 8 aromatic rings. The smallest absolute Gasteiger partial charge is 0.135 e. The fourth-order valence-electron chi connectivity index (χ4n) is 5.06. The Kier molecular flexibility index (Phi) is 2.53. The molecular formula is C38H24O. The normalized spacial score (nSPS) is 17.3. The molecule has 39 heavy (non-hydrogen) atoms.